The van der Waals surface area contributed by atoms with E-state index in [0.717, 1.165) is 25.0 Å². The molecule has 0 radical (unpaired) electrons. The Labute approximate surface area is 77.9 Å². The minimum absolute atomic E-state index is 0.267. The summed E-state index contributed by atoms with van der Waals surface area (Å²) in [6, 6.07) is 4.98. The van der Waals surface area contributed by atoms with Gasteiger partial charge in [0.05, 0.1) is 0 Å². The van der Waals surface area contributed by atoms with Crippen molar-refractivity contribution in [2.75, 3.05) is 0 Å². The van der Waals surface area contributed by atoms with E-state index in [2.05, 4.69) is 19.1 Å². The first-order valence-electron chi connectivity index (χ1n) is 4.57. The quantitative estimate of drug-likeness (QED) is 0.663. The second-order valence-electron chi connectivity index (χ2n) is 2.83. The van der Waals surface area contributed by atoms with Crippen molar-refractivity contribution in [3.05, 3.63) is 46.5 Å². The molecule has 0 aliphatic heterocycles. The first kappa shape index (κ1) is 9.78. The SMILES string of the molecule is CCC=CCCc1cccc(=O)o1. The lowest BCUT2D eigenvalue weighted by Crippen LogP contribution is -1.97. The molecule has 1 heterocycles. The van der Waals surface area contributed by atoms with Crippen LogP contribution < -0.4 is 5.63 Å². The van der Waals surface area contributed by atoms with Gasteiger partial charge < -0.3 is 4.42 Å². The zero-order valence-corrected chi connectivity index (χ0v) is 7.82. The summed E-state index contributed by atoms with van der Waals surface area (Å²) in [4.78, 5) is 10.8. The van der Waals surface area contributed by atoms with Crippen LogP contribution in [0.4, 0.5) is 0 Å². The summed E-state index contributed by atoms with van der Waals surface area (Å²) < 4.78 is 4.97. The largest absolute Gasteiger partial charge is 0.428 e. The Hall–Kier alpha value is -1.31. The average Bonchev–Trinajstić information content (AvgIpc) is 2.13. The first-order chi connectivity index (χ1) is 6.33. The van der Waals surface area contributed by atoms with Crippen LogP contribution in [0.2, 0.25) is 0 Å². The van der Waals surface area contributed by atoms with Crippen LogP contribution in [0.25, 0.3) is 0 Å². The molecule has 70 valence electrons. The number of allylic oxidation sites excluding steroid dienone is 2. The molecule has 0 spiro atoms. The molecule has 0 unspecified atom stereocenters. The predicted molar refractivity (Wildman–Crippen MR) is 52.7 cm³/mol. The van der Waals surface area contributed by atoms with Gasteiger partial charge >= 0.3 is 5.63 Å². The molecule has 0 saturated heterocycles. The van der Waals surface area contributed by atoms with Crippen LogP contribution in [0.5, 0.6) is 0 Å². The summed E-state index contributed by atoms with van der Waals surface area (Å²) in [5.41, 5.74) is -0.267. The van der Waals surface area contributed by atoms with E-state index in [4.69, 9.17) is 4.42 Å². The summed E-state index contributed by atoms with van der Waals surface area (Å²) in [5.74, 6) is 0.758. The highest BCUT2D eigenvalue weighted by Crippen LogP contribution is 2.00. The molecule has 0 aliphatic rings. The summed E-state index contributed by atoms with van der Waals surface area (Å²) in [7, 11) is 0. The lowest BCUT2D eigenvalue weighted by atomic mass is 10.2. The molecule has 0 bridgehead atoms. The van der Waals surface area contributed by atoms with Gasteiger partial charge in [-0.3, -0.25) is 0 Å². The van der Waals surface area contributed by atoms with Crippen molar-refractivity contribution < 1.29 is 4.42 Å². The average molecular weight is 178 g/mol. The zero-order chi connectivity index (χ0) is 9.52. The lowest BCUT2D eigenvalue weighted by Gasteiger charge is -1.94. The Morgan fingerprint density at radius 3 is 2.92 bits per heavy atom. The molecule has 0 N–H and O–H groups in total. The smallest absolute Gasteiger partial charge is 0.335 e. The van der Waals surface area contributed by atoms with Crippen molar-refractivity contribution in [3.63, 3.8) is 0 Å². The Morgan fingerprint density at radius 1 is 1.38 bits per heavy atom. The van der Waals surface area contributed by atoms with Crippen LogP contribution in [-0.2, 0) is 6.42 Å². The molecule has 1 aromatic heterocycles. The molecule has 0 aromatic carbocycles. The molecule has 2 nitrogen and oxygen atoms in total. The van der Waals surface area contributed by atoms with E-state index in [9.17, 15) is 4.79 Å². The van der Waals surface area contributed by atoms with E-state index in [1.165, 1.54) is 6.07 Å². The number of hydrogen-bond acceptors (Lipinski definition) is 2. The Morgan fingerprint density at radius 2 is 2.23 bits per heavy atom. The third kappa shape index (κ3) is 3.74. The highest BCUT2D eigenvalue weighted by Gasteiger charge is 1.93. The van der Waals surface area contributed by atoms with E-state index >= 15 is 0 Å². The summed E-state index contributed by atoms with van der Waals surface area (Å²) in [5, 5.41) is 0. The van der Waals surface area contributed by atoms with Crippen LogP contribution in [0.15, 0.2) is 39.6 Å². The molecule has 2 heteroatoms. The normalized spacial score (nSPS) is 10.8. The number of hydrogen-bond donors (Lipinski definition) is 0. The lowest BCUT2D eigenvalue weighted by molar-refractivity contribution is 0.459. The van der Waals surface area contributed by atoms with E-state index in [1.807, 2.05) is 6.07 Å². The minimum Gasteiger partial charge on any atom is -0.428 e. The molecule has 13 heavy (non-hydrogen) atoms. The fourth-order valence-corrected chi connectivity index (χ4v) is 1.08. The van der Waals surface area contributed by atoms with E-state index in [1.54, 1.807) is 6.07 Å². The zero-order valence-electron chi connectivity index (χ0n) is 7.82. The van der Waals surface area contributed by atoms with Gasteiger partial charge in [-0.25, -0.2) is 4.79 Å². The highest BCUT2D eigenvalue weighted by atomic mass is 16.4. The predicted octanol–water partition coefficient (Wildman–Crippen LogP) is 2.54. The Kier molecular flexibility index (Phi) is 4.03. The summed E-state index contributed by atoms with van der Waals surface area (Å²) >= 11 is 0. The second kappa shape index (κ2) is 5.36. The van der Waals surface area contributed by atoms with Gasteiger partial charge in [0, 0.05) is 12.5 Å². The van der Waals surface area contributed by atoms with Gasteiger partial charge in [-0.15, -0.1) is 0 Å². The molecule has 0 atom stereocenters. The van der Waals surface area contributed by atoms with Gasteiger partial charge in [0.1, 0.15) is 5.76 Å². The van der Waals surface area contributed by atoms with Crippen molar-refractivity contribution in [3.8, 4) is 0 Å². The maximum atomic E-state index is 10.8. The molecule has 0 saturated carbocycles. The fraction of sp³-hybridized carbons (Fsp3) is 0.364. The number of rotatable bonds is 4. The van der Waals surface area contributed by atoms with E-state index < -0.39 is 0 Å². The third-order valence-corrected chi connectivity index (χ3v) is 1.71. The fourth-order valence-electron chi connectivity index (χ4n) is 1.08. The van der Waals surface area contributed by atoms with Gasteiger partial charge in [0.15, 0.2) is 0 Å². The van der Waals surface area contributed by atoms with Gasteiger partial charge in [0.25, 0.3) is 0 Å². The molecule has 0 aliphatic carbocycles. The van der Waals surface area contributed by atoms with Crippen molar-refractivity contribution >= 4 is 0 Å². The van der Waals surface area contributed by atoms with Gasteiger partial charge in [0.2, 0.25) is 0 Å². The van der Waals surface area contributed by atoms with Gasteiger partial charge in [-0.1, -0.05) is 25.1 Å². The third-order valence-electron chi connectivity index (χ3n) is 1.71. The van der Waals surface area contributed by atoms with Crippen molar-refractivity contribution in [2.45, 2.75) is 26.2 Å². The van der Waals surface area contributed by atoms with Crippen molar-refractivity contribution in [2.24, 2.45) is 0 Å². The van der Waals surface area contributed by atoms with Gasteiger partial charge in [-0.05, 0) is 18.9 Å². The monoisotopic (exact) mass is 178 g/mol. The summed E-state index contributed by atoms with van der Waals surface area (Å²) in [6.07, 6.45) is 7.00. The van der Waals surface area contributed by atoms with Crippen LogP contribution in [0, 0.1) is 0 Å². The van der Waals surface area contributed by atoms with Gasteiger partial charge in [-0.2, -0.15) is 0 Å². The van der Waals surface area contributed by atoms with Crippen LogP contribution in [0.1, 0.15) is 25.5 Å². The molecule has 1 rings (SSSR count). The Balaban J connectivity index is 2.45. The number of aryl methyl sites for hydroxylation is 1. The molecular weight excluding hydrogens is 164 g/mol. The first-order valence-corrected chi connectivity index (χ1v) is 4.57. The standard InChI is InChI=1S/C11H14O2/c1-2-3-4-5-7-10-8-6-9-11(12)13-10/h3-4,6,8-9H,2,5,7H2,1H3. The van der Waals surface area contributed by atoms with Crippen molar-refractivity contribution in [1.82, 2.24) is 0 Å². The van der Waals surface area contributed by atoms with Crippen molar-refractivity contribution in [1.29, 1.82) is 0 Å². The maximum absolute atomic E-state index is 10.8. The molecule has 1 aromatic rings. The van der Waals surface area contributed by atoms with E-state index in [0.29, 0.717) is 0 Å². The van der Waals surface area contributed by atoms with Crippen LogP contribution >= 0.6 is 0 Å². The van der Waals surface area contributed by atoms with Crippen LogP contribution in [0.3, 0.4) is 0 Å². The maximum Gasteiger partial charge on any atom is 0.335 e. The topological polar surface area (TPSA) is 30.2 Å². The minimum atomic E-state index is -0.267. The highest BCUT2D eigenvalue weighted by molar-refractivity contribution is 5.00. The van der Waals surface area contributed by atoms with Crippen LogP contribution in [-0.4, -0.2) is 0 Å². The Bertz CT molecular complexity index is 323. The molecule has 0 amide bonds. The summed E-state index contributed by atoms with van der Waals surface area (Å²) in [6.45, 7) is 2.10. The van der Waals surface area contributed by atoms with E-state index in [-0.39, 0.29) is 5.63 Å². The molecule has 0 fully saturated rings. The second-order valence-corrected chi connectivity index (χ2v) is 2.83. The molecular formula is C11H14O2.